The van der Waals surface area contributed by atoms with E-state index in [2.05, 4.69) is 5.32 Å². The lowest BCUT2D eigenvalue weighted by Crippen LogP contribution is -2.57. The number of halogens is 3. The van der Waals surface area contributed by atoms with Gasteiger partial charge in [-0.15, -0.1) is 0 Å². The number of Topliss-reactive ketones (excluding diaryl/α,β-unsaturated/α-hetero) is 1. The highest BCUT2D eigenvalue weighted by Gasteiger charge is 2.43. The Morgan fingerprint density at radius 2 is 1.75 bits per heavy atom. The number of alkyl halides is 3. The Morgan fingerprint density at radius 3 is 2.20 bits per heavy atom. The van der Waals surface area contributed by atoms with Gasteiger partial charge in [-0.25, -0.2) is 0 Å². The van der Waals surface area contributed by atoms with Gasteiger partial charge in [-0.1, -0.05) is 33.1 Å². The van der Waals surface area contributed by atoms with Crippen LogP contribution in [0.3, 0.4) is 0 Å². The average molecular weight is 293 g/mol. The van der Waals surface area contributed by atoms with Gasteiger partial charge >= 0.3 is 6.18 Å². The molecule has 1 unspecified atom stereocenters. The second kappa shape index (κ2) is 6.59. The van der Waals surface area contributed by atoms with Gasteiger partial charge in [0.1, 0.15) is 6.42 Å². The van der Waals surface area contributed by atoms with E-state index < -0.39 is 24.0 Å². The van der Waals surface area contributed by atoms with E-state index in [1.165, 1.54) is 0 Å². The molecule has 0 saturated heterocycles. The summed E-state index contributed by atoms with van der Waals surface area (Å²) in [6, 6.07) is 0. The summed E-state index contributed by atoms with van der Waals surface area (Å²) in [4.78, 5) is 24.0. The highest BCUT2D eigenvalue weighted by Crippen LogP contribution is 2.32. The number of ketones is 1. The van der Waals surface area contributed by atoms with Crippen molar-refractivity contribution in [3.8, 4) is 0 Å². The predicted molar refractivity (Wildman–Crippen MR) is 69.1 cm³/mol. The Kier molecular flexibility index (Phi) is 5.59. The van der Waals surface area contributed by atoms with Crippen molar-refractivity contribution < 1.29 is 22.8 Å². The molecule has 0 aromatic carbocycles. The molecule has 1 amide bonds. The molecule has 1 aliphatic carbocycles. The molecule has 3 nitrogen and oxygen atoms in total. The molecule has 0 aromatic rings. The minimum Gasteiger partial charge on any atom is -0.343 e. The summed E-state index contributed by atoms with van der Waals surface area (Å²) in [5, 5.41) is 2.40. The highest BCUT2D eigenvalue weighted by molar-refractivity contribution is 5.94. The molecule has 20 heavy (non-hydrogen) atoms. The summed E-state index contributed by atoms with van der Waals surface area (Å²) in [6.45, 7) is 3.62. The first-order valence-electron chi connectivity index (χ1n) is 7.12. The maximum absolute atomic E-state index is 12.5. The van der Waals surface area contributed by atoms with Gasteiger partial charge in [0.2, 0.25) is 5.91 Å². The molecule has 1 fully saturated rings. The second-order valence-corrected chi connectivity index (χ2v) is 5.66. The molecule has 0 aromatic heterocycles. The molecular weight excluding hydrogens is 271 g/mol. The van der Waals surface area contributed by atoms with Crippen LogP contribution in [0.5, 0.6) is 0 Å². The molecule has 0 radical (unpaired) electrons. The van der Waals surface area contributed by atoms with Crippen LogP contribution in [0.25, 0.3) is 0 Å². The minimum atomic E-state index is -4.54. The molecule has 116 valence electrons. The van der Waals surface area contributed by atoms with Gasteiger partial charge in [0, 0.05) is 5.92 Å². The fourth-order valence-electron chi connectivity index (χ4n) is 2.74. The summed E-state index contributed by atoms with van der Waals surface area (Å²) in [5.74, 6) is -1.48. The minimum absolute atomic E-state index is 0.129. The molecular formula is C14H22F3NO2. The summed E-state index contributed by atoms with van der Waals surface area (Å²) >= 11 is 0. The summed E-state index contributed by atoms with van der Waals surface area (Å²) in [5.41, 5.74) is -1.09. The van der Waals surface area contributed by atoms with Crippen molar-refractivity contribution in [1.29, 1.82) is 0 Å². The van der Waals surface area contributed by atoms with Crippen molar-refractivity contribution >= 4 is 11.7 Å². The molecule has 0 aliphatic heterocycles. The molecule has 1 saturated carbocycles. The number of carbonyl (C=O) groups excluding carboxylic acids is 2. The lowest BCUT2D eigenvalue weighted by molar-refractivity contribution is -0.157. The number of hydrogen-bond acceptors (Lipinski definition) is 2. The van der Waals surface area contributed by atoms with Crippen molar-refractivity contribution in [2.24, 2.45) is 5.92 Å². The van der Waals surface area contributed by atoms with Gasteiger partial charge in [0.05, 0.1) is 5.54 Å². The van der Waals surface area contributed by atoms with E-state index in [1.54, 1.807) is 6.92 Å². The Labute approximate surface area is 117 Å². The molecule has 1 atom stereocenters. The zero-order valence-electron chi connectivity index (χ0n) is 12.0. The fourth-order valence-corrected chi connectivity index (χ4v) is 2.74. The van der Waals surface area contributed by atoms with Crippen LogP contribution >= 0.6 is 0 Å². The third kappa shape index (κ3) is 4.49. The number of rotatable bonds is 5. The topological polar surface area (TPSA) is 46.2 Å². The van der Waals surface area contributed by atoms with E-state index in [0.29, 0.717) is 19.3 Å². The van der Waals surface area contributed by atoms with Crippen LogP contribution in [0.2, 0.25) is 0 Å². The van der Waals surface area contributed by atoms with Crippen LogP contribution < -0.4 is 5.32 Å². The van der Waals surface area contributed by atoms with E-state index in [9.17, 15) is 22.8 Å². The molecule has 1 N–H and O–H groups in total. The molecule has 0 bridgehead atoms. The molecule has 6 heteroatoms. The fraction of sp³-hybridized carbons (Fsp3) is 0.857. The van der Waals surface area contributed by atoms with E-state index in [0.717, 1.165) is 19.3 Å². The number of carbonyl (C=O) groups is 2. The van der Waals surface area contributed by atoms with Gasteiger partial charge < -0.3 is 5.32 Å². The third-order valence-corrected chi connectivity index (χ3v) is 3.98. The van der Waals surface area contributed by atoms with Crippen LogP contribution in [-0.2, 0) is 9.59 Å². The standard InChI is InChI=1S/C14H22F3NO2/c1-3-10(2)12(20)13(7-5-4-6-8-13)18-11(19)9-14(15,16)17/h10H,3-9H2,1-2H3,(H,18,19). The Balaban J connectivity index is 2.84. The number of nitrogens with one attached hydrogen (secondary N) is 1. The van der Waals surface area contributed by atoms with Crippen LogP contribution in [0, 0.1) is 5.92 Å². The Bertz CT molecular complexity index is 360. The van der Waals surface area contributed by atoms with Gasteiger partial charge in [-0.3, -0.25) is 9.59 Å². The van der Waals surface area contributed by atoms with E-state index in [4.69, 9.17) is 0 Å². The monoisotopic (exact) mass is 293 g/mol. The van der Waals surface area contributed by atoms with Crippen molar-refractivity contribution in [3.05, 3.63) is 0 Å². The first kappa shape index (κ1) is 17.0. The maximum atomic E-state index is 12.5. The van der Waals surface area contributed by atoms with Gasteiger partial charge in [0.15, 0.2) is 5.78 Å². The van der Waals surface area contributed by atoms with Crippen LogP contribution in [0.1, 0.15) is 58.8 Å². The highest BCUT2D eigenvalue weighted by atomic mass is 19.4. The molecule has 1 rings (SSSR count). The largest absolute Gasteiger partial charge is 0.397 e. The van der Waals surface area contributed by atoms with Crippen LogP contribution in [0.4, 0.5) is 13.2 Å². The Hall–Kier alpha value is -1.07. The van der Waals surface area contributed by atoms with Crippen LogP contribution in [0.15, 0.2) is 0 Å². The number of amides is 1. The smallest absolute Gasteiger partial charge is 0.343 e. The van der Waals surface area contributed by atoms with Crippen LogP contribution in [-0.4, -0.2) is 23.4 Å². The summed E-state index contributed by atoms with van der Waals surface area (Å²) in [7, 11) is 0. The molecule has 0 heterocycles. The average Bonchev–Trinajstić information content (AvgIpc) is 2.35. The third-order valence-electron chi connectivity index (χ3n) is 3.98. The predicted octanol–water partition coefficient (Wildman–Crippen LogP) is 3.37. The van der Waals surface area contributed by atoms with Crippen molar-refractivity contribution in [3.63, 3.8) is 0 Å². The Morgan fingerprint density at radius 1 is 1.20 bits per heavy atom. The van der Waals surface area contributed by atoms with Crippen molar-refractivity contribution in [2.45, 2.75) is 70.5 Å². The summed E-state index contributed by atoms with van der Waals surface area (Å²) in [6.07, 6.45) is -2.09. The van der Waals surface area contributed by atoms with Gasteiger partial charge in [-0.05, 0) is 19.3 Å². The van der Waals surface area contributed by atoms with Gasteiger partial charge in [0.25, 0.3) is 0 Å². The zero-order chi connectivity index (χ0) is 15.4. The maximum Gasteiger partial charge on any atom is 0.397 e. The zero-order valence-corrected chi connectivity index (χ0v) is 12.0. The molecule has 1 aliphatic rings. The molecule has 0 spiro atoms. The second-order valence-electron chi connectivity index (χ2n) is 5.66. The van der Waals surface area contributed by atoms with Gasteiger partial charge in [-0.2, -0.15) is 13.2 Å². The van der Waals surface area contributed by atoms with Crippen molar-refractivity contribution in [1.82, 2.24) is 5.32 Å². The normalized spacial score (nSPS) is 20.2. The summed E-state index contributed by atoms with van der Waals surface area (Å²) < 4.78 is 36.8. The first-order valence-corrected chi connectivity index (χ1v) is 7.12. The lowest BCUT2D eigenvalue weighted by atomic mass is 9.74. The number of hydrogen-bond donors (Lipinski definition) is 1. The lowest BCUT2D eigenvalue weighted by Gasteiger charge is -2.38. The van der Waals surface area contributed by atoms with Crippen molar-refractivity contribution in [2.75, 3.05) is 0 Å². The quantitative estimate of drug-likeness (QED) is 0.844. The van der Waals surface area contributed by atoms with E-state index in [-0.39, 0.29) is 11.7 Å². The van der Waals surface area contributed by atoms with E-state index >= 15 is 0 Å². The van der Waals surface area contributed by atoms with E-state index in [1.807, 2.05) is 6.92 Å². The SMILES string of the molecule is CCC(C)C(=O)C1(NC(=O)CC(F)(F)F)CCCCC1. The first-order chi connectivity index (χ1) is 9.20.